The quantitative estimate of drug-likeness (QED) is 0.174. The van der Waals surface area contributed by atoms with Crippen molar-refractivity contribution >= 4 is 51.3 Å². The summed E-state index contributed by atoms with van der Waals surface area (Å²) < 4.78 is 9.24. The van der Waals surface area contributed by atoms with Gasteiger partial charge in [0.15, 0.2) is 0 Å². The second-order valence-corrected chi connectivity index (χ2v) is 14.8. The number of carbonyl (C=O) groups excluding carboxylic acids is 3. The first-order valence-corrected chi connectivity index (χ1v) is 17.6. The standard InChI is InChI=1S/C38H43IN6O4/c1-6-19-43-25-34(46)44-32(20-26-15-17-29(18-16-26)49-38(2,3)4)36(47)42(22-28-13-10-14-30-31(39)23-41(5)35(28)30)24-33(44)45(43)37(48)40-21-27-11-8-7-9-12-27/h6-18,23,32-33H,1,19-22,24-25H2,2-5H3,(H,40,48)/t32-,33-/m0/s1. The third kappa shape index (κ3) is 7.47. The molecule has 2 fully saturated rings. The van der Waals surface area contributed by atoms with Gasteiger partial charge < -0.3 is 24.4 Å². The highest BCUT2D eigenvalue weighted by Crippen LogP contribution is 2.32. The molecule has 0 bridgehead atoms. The second kappa shape index (κ2) is 14.2. The third-order valence-electron chi connectivity index (χ3n) is 8.84. The lowest BCUT2D eigenvalue weighted by molar-refractivity contribution is -0.189. The average molecular weight is 775 g/mol. The van der Waals surface area contributed by atoms with E-state index in [-0.39, 0.29) is 36.5 Å². The lowest BCUT2D eigenvalue weighted by atomic mass is 9.98. The summed E-state index contributed by atoms with van der Waals surface area (Å²) in [6, 6.07) is 22.4. The summed E-state index contributed by atoms with van der Waals surface area (Å²) >= 11 is 2.33. The van der Waals surface area contributed by atoms with Crippen LogP contribution in [0.1, 0.15) is 37.5 Å². The maximum Gasteiger partial charge on any atom is 0.334 e. The molecule has 2 aliphatic heterocycles. The molecular weight excluding hydrogens is 731 g/mol. The van der Waals surface area contributed by atoms with Gasteiger partial charge in [-0.15, -0.1) is 6.58 Å². The van der Waals surface area contributed by atoms with Crippen LogP contribution >= 0.6 is 22.6 Å². The smallest absolute Gasteiger partial charge is 0.334 e. The zero-order valence-electron chi connectivity index (χ0n) is 28.4. The highest BCUT2D eigenvalue weighted by Gasteiger charge is 2.51. The van der Waals surface area contributed by atoms with Crippen molar-refractivity contribution in [3.8, 4) is 5.75 Å². The number of rotatable bonds is 9. The van der Waals surface area contributed by atoms with Crippen molar-refractivity contribution in [3.05, 3.63) is 112 Å². The number of aromatic nitrogens is 1. The van der Waals surface area contributed by atoms with Crippen LogP contribution in [0.2, 0.25) is 0 Å². The van der Waals surface area contributed by atoms with E-state index >= 15 is 0 Å². The van der Waals surface area contributed by atoms with Crippen LogP contribution in [0.15, 0.2) is 91.6 Å². The molecule has 2 atom stereocenters. The summed E-state index contributed by atoms with van der Waals surface area (Å²) in [5, 5.41) is 7.51. The number of piperazine rings is 1. The van der Waals surface area contributed by atoms with Crippen LogP contribution in [0.4, 0.5) is 4.79 Å². The molecule has 11 heteroatoms. The summed E-state index contributed by atoms with van der Waals surface area (Å²) in [4.78, 5) is 46.1. The van der Waals surface area contributed by atoms with Gasteiger partial charge in [0.25, 0.3) is 0 Å². The van der Waals surface area contributed by atoms with Crippen molar-refractivity contribution in [2.45, 2.75) is 58.1 Å². The average Bonchev–Trinajstić information content (AvgIpc) is 3.36. The molecule has 6 rings (SSSR count). The molecule has 0 spiro atoms. The minimum absolute atomic E-state index is 0.0511. The Morgan fingerprint density at radius 2 is 1.76 bits per heavy atom. The Morgan fingerprint density at radius 3 is 2.45 bits per heavy atom. The van der Waals surface area contributed by atoms with Crippen LogP contribution in [0, 0.1) is 3.57 Å². The Bertz CT molecular complexity index is 1850. The van der Waals surface area contributed by atoms with E-state index < -0.39 is 12.2 Å². The Hall–Kier alpha value is -4.36. The highest BCUT2D eigenvalue weighted by molar-refractivity contribution is 14.1. The second-order valence-electron chi connectivity index (χ2n) is 13.6. The summed E-state index contributed by atoms with van der Waals surface area (Å²) in [6.45, 7) is 10.9. The number of nitrogens with zero attached hydrogens (tertiary/aromatic N) is 5. The number of hydrazine groups is 1. The molecule has 4 amide bonds. The third-order valence-corrected chi connectivity index (χ3v) is 9.70. The first-order chi connectivity index (χ1) is 23.4. The van der Waals surface area contributed by atoms with Crippen LogP contribution in [0.5, 0.6) is 5.75 Å². The molecule has 49 heavy (non-hydrogen) atoms. The summed E-state index contributed by atoms with van der Waals surface area (Å²) in [5.74, 6) is 0.373. The fraction of sp³-hybridized carbons (Fsp3) is 0.342. The molecule has 2 aliphatic rings. The molecule has 3 heterocycles. The van der Waals surface area contributed by atoms with Crippen LogP contribution < -0.4 is 10.1 Å². The molecule has 256 valence electrons. The molecule has 4 aromatic rings. The van der Waals surface area contributed by atoms with Gasteiger partial charge >= 0.3 is 6.03 Å². The minimum Gasteiger partial charge on any atom is -0.488 e. The van der Waals surface area contributed by atoms with E-state index in [2.05, 4.69) is 51.3 Å². The number of urea groups is 1. The van der Waals surface area contributed by atoms with Gasteiger partial charge in [-0.3, -0.25) is 9.59 Å². The minimum atomic E-state index is -0.816. The number of aryl methyl sites for hydroxylation is 1. The maximum absolute atomic E-state index is 14.6. The molecule has 2 saturated heterocycles. The number of hydrogen-bond donors (Lipinski definition) is 1. The van der Waals surface area contributed by atoms with Crippen LogP contribution in [0.25, 0.3) is 10.9 Å². The lowest BCUT2D eigenvalue weighted by Gasteiger charge is -2.55. The zero-order chi connectivity index (χ0) is 34.9. The van der Waals surface area contributed by atoms with Gasteiger partial charge in [0, 0.05) is 48.3 Å². The predicted molar refractivity (Wildman–Crippen MR) is 198 cm³/mol. The van der Waals surface area contributed by atoms with Crippen molar-refractivity contribution in [2.75, 3.05) is 19.6 Å². The van der Waals surface area contributed by atoms with E-state index in [1.807, 2.05) is 94.5 Å². The number of amides is 4. The number of nitrogens with one attached hydrogen (secondary N) is 1. The number of ether oxygens (including phenoxy) is 1. The molecule has 0 radical (unpaired) electrons. The number of halogens is 1. The maximum atomic E-state index is 14.6. The lowest BCUT2D eigenvalue weighted by Crippen LogP contribution is -2.76. The normalized spacial score (nSPS) is 18.5. The highest BCUT2D eigenvalue weighted by atomic mass is 127. The van der Waals surface area contributed by atoms with Crippen LogP contribution in [-0.4, -0.2) is 79.7 Å². The summed E-state index contributed by atoms with van der Waals surface area (Å²) in [5.41, 5.74) is 3.55. The molecule has 0 saturated carbocycles. The number of benzene rings is 3. The SMILES string of the molecule is C=CCN1CC(=O)N2[C@@H](Cc3ccc(OC(C)(C)C)cc3)C(=O)N(Cc3cccc4c(I)cn(C)c34)C[C@@H]2N1C(=O)NCc1ccccc1. The molecule has 1 N–H and O–H groups in total. The van der Waals surface area contributed by atoms with Gasteiger partial charge in [-0.05, 0) is 72.2 Å². The fourth-order valence-corrected chi connectivity index (χ4v) is 7.66. The van der Waals surface area contributed by atoms with Crippen molar-refractivity contribution in [2.24, 2.45) is 7.05 Å². The van der Waals surface area contributed by atoms with Crippen molar-refractivity contribution < 1.29 is 19.1 Å². The van der Waals surface area contributed by atoms with E-state index in [4.69, 9.17) is 4.74 Å². The Balaban J connectivity index is 1.37. The first kappa shape index (κ1) is 34.5. The first-order valence-electron chi connectivity index (χ1n) is 16.5. The predicted octanol–water partition coefficient (Wildman–Crippen LogP) is 5.70. The largest absolute Gasteiger partial charge is 0.488 e. The number of para-hydroxylation sites is 1. The Morgan fingerprint density at radius 1 is 1.02 bits per heavy atom. The van der Waals surface area contributed by atoms with E-state index in [9.17, 15) is 14.4 Å². The molecule has 3 aromatic carbocycles. The van der Waals surface area contributed by atoms with Gasteiger partial charge in [0.2, 0.25) is 11.8 Å². The number of carbonyl (C=O) groups is 3. The molecule has 0 aliphatic carbocycles. The van der Waals surface area contributed by atoms with Gasteiger partial charge in [0.05, 0.1) is 18.6 Å². The van der Waals surface area contributed by atoms with E-state index in [1.54, 1.807) is 25.9 Å². The van der Waals surface area contributed by atoms with Crippen LogP contribution in [0.3, 0.4) is 0 Å². The molecule has 0 unspecified atom stereocenters. The van der Waals surface area contributed by atoms with Gasteiger partial charge in [-0.1, -0.05) is 66.7 Å². The fourth-order valence-electron chi connectivity index (χ4n) is 6.81. The van der Waals surface area contributed by atoms with E-state index in [0.29, 0.717) is 26.1 Å². The summed E-state index contributed by atoms with van der Waals surface area (Å²) in [6.07, 6.45) is 3.33. The van der Waals surface area contributed by atoms with Crippen molar-refractivity contribution in [1.29, 1.82) is 0 Å². The Kier molecular flexibility index (Phi) is 10.0. The molecular formula is C38H43IN6O4. The molecule has 1 aromatic heterocycles. The summed E-state index contributed by atoms with van der Waals surface area (Å²) in [7, 11) is 2.01. The van der Waals surface area contributed by atoms with Crippen molar-refractivity contribution in [3.63, 3.8) is 0 Å². The topological polar surface area (TPSA) is 90.4 Å². The zero-order valence-corrected chi connectivity index (χ0v) is 30.6. The van der Waals surface area contributed by atoms with Gasteiger partial charge in [-0.25, -0.2) is 14.8 Å². The van der Waals surface area contributed by atoms with Crippen LogP contribution in [-0.2, 0) is 36.1 Å². The monoisotopic (exact) mass is 774 g/mol. The number of fused-ring (bicyclic) bond motifs is 2. The molecule has 10 nitrogen and oxygen atoms in total. The van der Waals surface area contributed by atoms with Gasteiger partial charge in [0.1, 0.15) is 23.6 Å². The van der Waals surface area contributed by atoms with Gasteiger partial charge in [-0.2, -0.15) is 0 Å². The Labute approximate surface area is 301 Å². The van der Waals surface area contributed by atoms with E-state index in [1.165, 1.54) is 0 Å². The van der Waals surface area contributed by atoms with E-state index in [0.717, 1.165) is 36.9 Å². The van der Waals surface area contributed by atoms with Crippen molar-refractivity contribution in [1.82, 2.24) is 29.7 Å². The number of hydrogen-bond acceptors (Lipinski definition) is 5.